The third kappa shape index (κ3) is 6.33. The maximum absolute atomic E-state index is 6.68. The first-order chi connectivity index (χ1) is 14.6. The highest BCUT2D eigenvalue weighted by Crippen LogP contribution is 2.31. The number of halogens is 1. The van der Waals surface area contributed by atoms with Crippen LogP contribution >= 0.6 is 0 Å². The van der Waals surface area contributed by atoms with Crippen LogP contribution in [0.5, 0.6) is 5.75 Å². The molecule has 0 amide bonds. The number of likely N-dealkylation sites (tertiary alicyclic amines) is 1. The summed E-state index contributed by atoms with van der Waals surface area (Å²) in [6.07, 6.45) is 2.34. The lowest BCUT2D eigenvalue weighted by Gasteiger charge is -2.40. The van der Waals surface area contributed by atoms with Crippen molar-refractivity contribution in [2.24, 2.45) is 0 Å². The van der Waals surface area contributed by atoms with Gasteiger partial charge in [0.2, 0.25) is 6.73 Å². The Morgan fingerprint density at radius 2 is 1.32 bits per heavy atom. The van der Waals surface area contributed by atoms with Crippen LogP contribution in [0.2, 0.25) is 0 Å². The molecule has 164 valence electrons. The summed E-state index contributed by atoms with van der Waals surface area (Å²) in [6, 6.07) is 29.4. The molecular weight excluding hydrogens is 406 g/mol. The van der Waals surface area contributed by atoms with E-state index in [9.17, 15) is 0 Å². The Hall–Kier alpha value is -2.33. The van der Waals surface area contributed by atoms with Gasteiger partial charge < -0.3 is 21.9 Å². The Morgan fingerprint density at radius 3 is 1.84 bits per heavy atom. The van der Waals surface area contributed by atoms with E-state index in [1.165, 1.54) is 16.7 Å². The van der Waals surface area contributed by atoms with E-state index >= 15 is 0 Å². The van der Waals surface area contributed by atoms with Gasteiger partial charge in [0.1, 0.15) is 11.9 Å². The van der Waals surface area contributed by atoms with Crippen LogP contribution in [0, 0.1) is 6.92 Å². The molecule has 0 aromatic heterocycles. The number of quaternary nitrogens is 1. The first-order valence-corrected chi connectivity index (χ1v) is 10.9. The van der Waals surface area contributed by atoms with Gasteiger partial charge in [0.15, 0.2) is 0 Å². The van der Waals surface area contributed by atoms with Crippen molar-refractivity contribution in [2.75, 3.05) is 26.9 Å². The zero-order valence-electron chi connectivity index (χ0n) is 18.4. The second-order valence-corrected chi connectivity index (χ2v) is 8.69. The standard InChI is InChI=1S/C27H32NO2.ClH/c1-22-13-15-25(16-14-22)29-21-28(2)19-17-26(18-20-28)30-27(23-9-5-3-6-10-23)24-11-7-4-8-12-24;/h3-16,26-27H,17-21H2,1-2H3;1H/q+1;/p-1. The number of ether oxygens (including phenoxy) is 2. The summed E-state index contributed by atoms with van der Waals surface area (Å²) in [5.41, 5.74) is 3.69. The summed E-state index contributed by atoms with van der Waals surface area (Å²) >= 11 is 0. The van der Waals surface area contributed by atoms with Crippen molar-refractivity contribution in [3.63, 3.8) is 0 Å². The van der Waals surface area contributed by atoms with Gasteiger partial charge in [-0.1, -0.05) is 78.4 Å². The van der Waals surface area contributed by atoms with Gasteiger partial charge in [-0.3, -0.25) is 4.48 Å². The Labute approximate surface area is 192 Å². The van der Waals surface area contributed by atoms with Crippen LogP contribution in [0.1, 0.15) is 35.6 Å². The molecule has 0 atom stereocenters. The summed E-state index contributed by atoms with van der Waals surface area (Å²) in [6.45, 7) is 4.93. The fourth-order valence-electron chi connectivity index (χ4n) is 4.10. The number of hydrogen-bond acceptors (Lipinski definition) is 2. The van der Waals surface area contributed by atoms with Crippen LogP contribution in [0.15, 0.2) is 84.9 Å². The molecule has 0 N–H and O–H groups in total. The van der Waals surface area contributed by atoms with E-state index in [-0.39, 0.29) is 24.6 Å². The van der Waals surface area contributed by atoms with Crippen molar-refractivity contribution in [1.29, 1.82) is 0 Å². The van der Waals surface area contributed by atoms with Crippen molar-refractivity contribution < 1.29 is 26.4 Å². The fraction of sp³-hybridized carbons (Fsp3) is 0.333. The van der Waals surface area contributed by atoms with E-state index in [1.807, 2.05) is 0 Å². The lowest BCUT2D eigenvalue weighted by Crippen LogP contribution is -3.00. The largest absolute Gasteiger partial charge is 1.00 e. The zero-order chi connectivity index (χ0) is 20.8. The van der Waals surface area contributed by atoms with E-state index in [0.717, 1.165) is 36.2 Å². The van der Waals surface area contributed by atoms with Crippen LogP contribution in [0.3, 0.4) is 0 Å². The average Bonchev–Trinajstić information content (AvgIpc) is 2.80. The van der Waals surface area contributed by atoms with Crippen molar-refractivity contribution in [3.8, 4) is 5.75 Å². The summed E-state index contributed by atoms with van der Waals surface area (Å²) in [4.78, 5) is 0. The molecule has 1 saturated heterocycles. The maximum atomic E-state index is 6.68. The van der Waals surface area contributed by atoms with Crippen LogP contribution in [-0.4, -0.2) is 37.5 Å². The molecule has 0 saturated carbocycles. The smallest absolute Gasteiger partial charge is 0.223 e. The number of benzene rings is 3. The molecule has 1 heterocycles. The number of rotatable bonds is 7. The van der Waals surface area contributed by atoms with Crippen molar-refractivity contribution in [1.82, 2.24) is 0 Å². The first-order valence-electron chi connectivity index (χ1n) is 10.9. The fourth-order valence-corrected chi connectivity index (χ4v) is 4.10. The molecule has 3 aromatic carbocycles. The Balaban J connectivity index is 0.00000272. The molecule has 4 heteroatoms. The van der Waals surface area contributed by atoms with Crippen LogP contribution < -0.4 is 17.1 Å². The van der Waals surface area contributed by atoms with Crippen molar-refractivity contribution >= 4 is 0 Å². The second kappa shape index (κ2) is 10.8. The molecular formula is C27H32ClNO2. The molecule has 0 aliphatic carbocycles. The molecule has 3 nitrogen and oxygen atoms in total. The summed E-state index contributed by atoms with van der Waals surface area (Å²) in [7, 11) is 2.29. The molecule has 1 aliphatic rings. The number of aryl methyl sites for hydroxylation is 1. The lowest BCUT2D eigenvalue weighted by molar-refractivity contribution is -0.929. The normalized spacial score (nSPS) is 20.8. The third-order valence-electron chi connectivity index (χ3n) is 6.08. The van der Waals surface area contributed by atoms with Gasteiger partial charge in [0, 0.05) is 12.8 Å². The van der Waals surface area contributed by atoms with E-state index < -0.39 is 0 Å². The molecule has 3 aromatic rings. The minimum atomic E-state index is -0.0157. The van der Waals surface area contributed by atoms with Gasteiger partial charge in [0.05, 0.1) is 26.2 Å². The van der Waals surface area contributed by atoms with Gasteiger partial charge in [-0.25, -0.2) is 0 Å². The van der Waals surface area contributed by atoms with Crippen LogP contribution in [0.25, 0.3) is 0 Å². The highest BCUT2D eigenvalue weighted by molar-refractivity contribution is 5.30. The van der Waals surface area contributed by atoms with Gasteiger partial charge >= 0.3 is 0 Å². The number of nitrogens with zero attached hydrogens (tertiary/aromatic N) is 1. The third-order valence-corrected chi connectivity index (χ3v) is 6.08. The summed E-state index contributed by atoms with van der Waals surface area (Å²) < 4.78 is 13.7. The Kier molecular flexibility index (Phi) is 8.14. The predicted octanol–water partition coefficient (Wildman–Crippen LogP) is 2.75. The highest BCUT2D eigenvalue weighted by atomic mass is 35.5. The van der Waals surface area contributed by atoms with Crippen LogP contribution in [0.4, 0.5) is 0 Å². The first kappa shape index (κ1) is 23.3. The van der Waals surface area contributed by atoms with Crippen molar-refractivity contribution in [2.45, 2.75) is 32.0 Å². The SMILES string of the molecule is Cc1ccc(OC[N+]2(C)CCC(OC(c3ccccc3)c3ccccc3)CC2)cc1.[Cl-]. The number of hydrogen-bond donors (Lipinski definition) is 0. The Morgan fingerprint density at radius 1 is 0.806 bits per heavy atom. The zero-order valence-corrected chi connectivity index (χ0v) is 19.2. The van der Waals surface area contributed by atoms with Gasteiger partial charge in [-0.15, -0.1) is 0 Å². The minimum absolute atomic E-state index is 0. The summed E-state index contributed by atoms with van der Waals surface area (Å²) in [5.74, 6) is 0.951. The van der Waals surface area contributed by atoms with Gasteiger partial charge in [-0.2, -0.15) is 0 Å². The average molecular weight is 438 g/mol. The Bertz CT molecular complexity index is 867. The van der Waals surface area contributed by atoms with Crippen molar-refractivity contribution in [3.05, 3.63) is 102 Å². The quantitative estimate of drug-likeness (QED) is 0.529. The predicted molar refractivity (Wildman–Crippen MR) is 121 cm³/mol. The van der Waals surface area contributed by atoms with Crippen LogP contribution in [-0.2, 0) is 4.74 Å². The van der Waals surface area contributed by atoms with E-state index in [1.54, 1.807) is 0 Å². The second-order valence-electron chi connectivity index (χ2n) is 8.69. The van der Waals surface area contributed by atoms with E-state index in [2.05, 4.69) is 98.9 Å². The molecule has 0 unspecified atom stereocenters. The van der Waals surface area contributed by atoms with E-state index in [4.69, 9.17) is 9.47 Å². The topological polar surface area (TPSA) is 18.5 Å². The van der Waals surface area contributed by atoms with E-state index in [0.29, 0.717) is 6.73 Å². The van der Waals surface area contributed by atoms with Gasteiger partial charge in [0.25, 0.3) is 0 Å². The van der Waals surface area contributed by atoms with Gasteiger partial charge in [-0.05, 0) is 30.2 Å². The molecule has 0 radical (unpaired) electrons. The lowest BCUT2D eigenvalue weighted by atomic mass is 10.00. The molecule has 0 bridgehead atoms. The molecule has 1 aliphatic heterocycles. The number of piperidine rings is 1. The molecule has 0 spiro atoms. The monoisotopic (exact) mass is 437 g/mol. The maximum Gasteiger partial charge on any atom is 0.223 e. The highest BCUT2D eigenvalue weighted by Gasteiger charge is 2.33. The molecule has 4 rings (SSSR count). The molecule has 31 heavy (non-hydrogen) atoms. The molecule has 1 fully saturated rings. The minimum Gasteiger partial charge on any atom is -1.00 e. The summed E-state index contributed by atoms with van der Waals surface area (Å²) in [5, 5.41) is 0.